The number of hydrogen-bond donors (Lipinski definition) is 1. The number of benzene rings is 1. The van der Waals surface area contributed by atoms with E-state index in [0.29, 0.717) is 0 Å². The molecule has 4 nitrogen and oxygen atoms in total. The van der Waals surface area contributed by atoms with Crippen LogP contribution in [0.2, 0.25) is 0 Å². The first-order chi connectivity index (χ1) is 8.27. The van der Waals surface area contributed by atoms with Crippen molar-refractivity contribution in [2.75, 3.05) is 33.9 Å². The average Bonchev–Trinajstić information content (AvgIpc) is 2.39. The Morgan fingerprint density at radius 3 is 2.71 bits per heavy atom. The minimum Gasteiger partial charge on any atom is -0.493 e. The summed E-state index contributed by atoms with van der Waals surface area (Å²) >= 11 is 0. The van der Waals surface area contributed by atoms with E-state index >= 15 is 0 Å². The van der Waals surface area contributed by atoms with Crippen LogP contribution in [0.5, 0.6) is 11.5 Å². The number of aryl methyl sites for hydroxylation is 1. The van der Waals surface area contributed by atoms with Gasteiger partial charge >= 0.3 is 0 Å². The molecule has 1 heterocycles. The second-order valence-electron chi connectivity index (χ2n) is 4.10. The van der Waals surface area contributed by atoms with E-state index in [4.69, 9.17) is 14.2 Å². The van der Waals surface area contributed by atoms with E-state index < -0.39 is 0 Å². The Bertz CT molecular complexity index is 386. The maximum absolute atomic E-state index is 5.79. The van der Waals surface area contributed by atoms with Crippen LogP contribution in [-0.4, -0.2) is 33.9 Å². The Kier molecular flexibility index (Phi) is 3.86. The van der Waals surface area contributed by atoms with Gasteiger partial charge in [-0.25, -0.2) is 0 Å². The molecular weight excluding hydrogens is 218 g/mol. The molecule has 1 aromatic rings. The van der Waals surface area contributed by atoms with Crippen molar-refractivity contribution in [3.05, 3.63) is 23.3 Å². The zero-order chi connectivity index (χ0) is 12.3. The monoisotopic (exact) mass is 237 g/mol. The van der Waals surface area contributed by atoms with E-state index in [1.807, 2.05) is 12.1 Å². The van der Waals surface area contributed by atoms with Gasteiger partial charge in [0.1, 0.15) is 0 Å². The maximum atomic E-state index is 5.79. The molecule has 0 aromatic heterocycles. The zero-order valence-electron chi connectivity index (χ0n) is 10.6. The van der Waals surface area contributed by atoms with Gasteiger partial charge in [-0.3, -0.25) is 0 Å². The molecule has 1 atom stereocenters. The predicted octanol–water partition coefficient (Wildman–Crippen LogP) is 1.67. The minimum absolute atomic E-state index is 0.0359. The Balaban J connectivity index is 2.41. The first-order valence-corrected chi connectivity index (χ1v) is 5.81. The van der Waals surface area contributed by atoms with Gasteiger partial charge in [-0.2, -0.15) is 0 Å². The van der Waals surface area contributed by atoms with Crippen molar-refractivity contribution in [2.24, 2.45) is 0 Å². The number of nitrogens with one attached hydrogen (secondary N) is 1. The molecule has 1 N–H and O–H groups in total. The van der Waals surface area contributed by atoms with E-state index in [1.165, 1.54) is 0 Å². The van der Waals surface area contributed by atoms with Crippen molar-refractivity contribution >= 4 is 0 Å². The third-order valence-electron chi connectivity index (χ3n) is 3.05. The molecule has 4 heteroatoms. The summed E-state index contributed by atoms with van der Waals surface area (Å²) in [6.45, 7) is 4.51. The third kappa shape index (κ3) is 2.37. The minimum atomic E-state index is 0.0359. The van der Waals surface area contributed by atoms with Crippen LogP contribution in [0.1, 0.15) is 17.2 Å². The van der Waals surface area contributed by atoms with Crippen molar-refractivity contribution < 1.29 is 14.2 Å². The zero-order valence-corrected chi connectivity index (χ0v) is 10.6. The fraction of sp³-hybridized carbons (Fsp3) is 0.538. The van der Waals surface area contributed by atoms with E-state index in [2.05, 4.69) is 12.2 Å². The molecule has 17 heavy (non-hydrogen) atoms. The van der Waals surface area contributed by atoms with E-state index in [1.54, 1.807) is 14.2 Å². The summed E-state index contributed by atoms with van der Waals surface area (Å²) in [5.41, 5.74) is 2.25. The van der Waals surface area contributed by atoms with Crippen LogP contribution in [0.4, 0.5) is 0 Å². The van der Waals surface area contributed by atoms with Crippen molar-refractivity contribution in [1.29, 1.82) is 0 Å². The molecule has 0 bridgehead atoms. The first-order valence-electron chi connectivity index (χ1n) is 5.81. The van der Waals surface area contributed by atoms with Crippen molar-refractivity contribution in [2.45, 2.75) is 13.0 Å². The molecule has 1 unspecified atom stereocenters. The van der Waals surface area contributed by atoms with Crippen molar-refractivity contribution in [1.82, 2.24) is 5.32 Å². The molecule has 0 radical (unpaired) electrons. The highest BCUT2D eigenvalue weighted by Gasteiger charge is 2.23. The maximum Gasteiger partial charge on any atom is 0.166 e. The van der Waals surface area contributed by atoms with Gasteiger partial charge < -0.3 is 19.5 Å². The summed E-state index contributed by atoms with van der Waals surface area (Å²) in [7, 11) is 3.31. The summed E-state index contributed by atoms with van der Waals surface area (Å²) in [5.74, 6) is 1.53. The van der Waals surface area contributed by atoms with Gasteiger partial charge in [0.2, 0.25) is 0 Å². The first kappa shape index (κ1) is 12.2. The molecule has 1 aliphatic heterocycles. The Labute approximate surface area is 102 Å². The Morgan fingerprint density at radius 1 is 1.29 bits per heavy atom. The molecular formula is C13H19NO3. The van der Waals surface area contributed by atoms with Crippen LogP contribution < -0.4 is 14.8 Å². The second-order valence-corrected chi connectivity index (χ2v) is 4.10. The lowest BCUT2D eigenvalue weighted by Crippen LogP contribution is -2.33. The second kappa shape index (κ2) is 5.38. The van der Waals surface area contributed by atoms with Crippen LogP contribution in [0.25, 0.3) is 0 Å². The fourth-order valence-electron chi connectivity index (χ4n) is 2.20. The SMILES string of the molecule is COc1ccc(C)c(C2CNCCO2)c1OC. The molecule has 1 aliphatic rings. The molecule has 0 aliphatic carbocycles. The normalized spacial score (nSPS) is 20.1. The smallest absolute Gasteiger partial charge is 0.166 e. The van der Waals surface area contributed by atoms with Gasteiger partial charge in [-0.05, 0) is 18.6 Å². The van der Waals surface area contributed by atoms with Crippen LogP contribution in [-0.2, 0) is 4.74 Å². The number of rotatable bonds is 3. The van der Waals surface area contributed by atoms with Crippen LogP contribution in [0.3, 0.4) is 0 Å². The highest BCUT2D eigenvalue weighted by molar-refractivity contribution is 5.51. The largest absolute Gasteiger partial charge is 0.493 e. The van der Waals surface area contributed by atoms with Crippen LogP contribution >= 0.6 is 0 Å². The summed E-state index contributed by atoms with van der Waals surface area (Å²) in [5, 5.41) is 3.33. The van der Waals surface area contributed by atoms with Gasteiger partial charge in [0.05, 0.1) is 26.9 Å². The number of morpholine rings is 1. The number of ether oxygens (including phenoxy) is 3. The van der Waals surface area contributed by atoms with Crippen LogP contribution in [0, 0.1) is 6.92 Å². The van der Waals surface area contributed by atoms with Crippen molar-refractivity contribution in [3.8, 4) is 11.5 Å². The van der Waals surface area contributed by atoms with Crippen molar-refractivity contribution in [3.63, 3.8) is 0 Å². The molecule has 2 rings (SSSR count). The lowest BCUT2D eigenvalue weighted by atomic mass is 10.0. The van der Waals surface area contributed by atoms with E-state index in [0.717, 1.165) is 42.3 Å². The number of methoxy groups -OCH3 is 2. The number of hydrogen-bond acceptors (Lipinski definition) is 4. The van der Waals surface area contributed by atoms with Crippen LogP contribution in [0.15, 0.2) is 12.1 Å². The molecule has 1 saturated heterocycles. The van der Waals surface area contributed by atoms with E-state index in [9.17, 15) is 0 Å². The predicted molar refractivity (Wildman–Crippen MR) is 65.8 cm³/mol. The molecule has 0 spiro atoms. The van der Waals surface area contributed by atoms with Gasteiger partial charge in [0.25, 0.3) is 0 Å². The Hall–Kier alpha value is -1.26. The Morgan fingerprint density at radius 2 is 2.12 bits per heavy atom. The summed E-state index contributed by atoms with van der Waals surface area (Å²) in [4.78, 5) is 0. The summed E-state index contributed by atoms with van der Waals surface area (Å²) in [6.07, 6.45) is 0.0359. The fourth-order valence-corrected chi connectivity index (χ4v) is 2.20. The molecule has 0 saturated carbocycles. The molecule has 0 amide bonds. The standard InChI is InChI=1S/C13H19NO3/c1-9-4-5-10(15-2)13(16-3)12(9)11-8-14-6-7-17-11/h4-5,11,14H,6-8H2,1-3H3. The lowest BCUT2D eigenvalue weighted by Gasteiger charge is -2.27. The summed E-state index contributed by atoms with van der Waals surface area (Å²) < 4.78 is 16.6. The highest BCUT2D eigenvalue weighted by atomic mass is 16.5. The van der Waals surface area contributed by atoms with Gasteiger partial charge in [-0.15, -0.1) is 0 Å². The quantitative estimate of drug-likeness (QED) is 0.868. The van der Waals surface area contributed by atoms with Gasteiger partial charge in [-0.1, -0.05) is 6.07 Å². The van der Waals surface area contributed by atoms with E-state index in [-0.39, 0.29) is 6.10 Å². The lowest BCUT2D eigenvalue weighted by molar-refractivity contribution is 0.0256. The topological polar surface area (TPSA) is 39.7 Å². The molecule has 1 fully saturated rings. The molecule has 1 aromatic carbocycles. The third-order valence-corrected chi connectivity index (χ3v) is 3.05. The molecule has 94 valence electrons. The average molecular weight is 237 g/mol. The van der Waals surface area contributed by atoms with Gasteiger partial charge in [0.15, 0.2) is 11.5 Å². The van der Waals surface area contributed by atoms with Gasteiger partial charge in [0, 0.05) is 18.7 Å². The summed E-state index contributed by atoms with van der Waals surface area (Å²) in [6, 6.07) is 3.96. The highest BCUT2D eigenvalue weighted by Crippen LogP contribution is 2.38.